The van der Waals surface area contributed by atoms with Crippen molar-refractivity contribution in [1.82, 2.24) is 31.3 Å². The molecule has 1 aromatic heterocycles. The fraction of sp³-hybridized carbons (Fsp3) is 0.176. The zero-order valence-electron chi connectivity index (χ0n) is 24.5. The predicted molar refractivity (Wildman–Crippen MR) is 166 cm³/mol. The summed E-state index contributed by atoms with van der Waals surface area (Å²) in [6, 6.07) is 39.3. The number of rotatable bonds is 11. The maximum Gasteiger partial charge on any atom is 0.408 e. The van der Waals surface area contributed by atoms with Gasteiger partial charge in [-0.1, -0.05) is 127 Å². The summed E-state index contributed by atoms with van der Waals surface area (Å²) < 4.78 is 10.4. The Balaban J connectivity index is 0.000000207. The summed E-state index contributed by atoms with van der Waals surface area (Å²) in [5.41, 5.74) is 3.87. The van der Waals surface area contributed by atoms with Gasteiger partial charge in [-0.3, -0.25) is 0 Å². The molecule has 0 fully saturated rings. The van der Waals surface area contributed by atoms with Crippen molar-refractivity contribution in [2.45, 2.75) is 38.1 Å². The van der Waals surface area contributed by atoms with Crippen molar-refractivity contribution in [2.75, 3.05) is 0 Å². The number of carbonyl (C=O) groups is 2. The molecule has 11 nitrogen and oxygen atoms in total. The van der Waals surface area contributed by atoms with Crippen LogP contribution in [0.4, 0.5) is 9.59 Å². The molecule has 1 heterocycles. The number of nitrogens with zero attached hydrogens (tertiary/aromatic N) is 4. The lowest BCUT2D eigenvalue weighted by atomic mass is 10.1. The van der Waals surface area contributed by atoms with Crippen LogP contribution in [0.2, 0.25) is 0 Å². The van der Waals surface area contributed by atoms with Crippen LogP contribution in [-0.4, -0.2) is 38.9 Å². The van der Waals surface area contributed by atoms with Crippen molar-refractivity contribution in [1.29, 1.82) is 5.26 Å². The topological polar surface area (TPSA) is 155 Å². The molecule has 0 saturated heterocycles. The monoisotopic (exact) mass is 603 g/mol. The molecule has 0 bridgehead atoms. The maximum atomic E-state index is 12.1. The van der Waals surface area contributed by atoms with E-state index in [1.807, 2.05) is 121 Å². The Bertz CT molecular complexity index is 1600. The van der Waals surface area contributed by atoms with Gasteiger partial charge in [-0.2, -0.15) is 10.5 Å². The Morgan fingerprint density at radius 3 is 1.56 bits per heavy atom. The third-order valence-corrected chi connectivity index (χ3v) is 6.40. The summed E-state index contributed by atoms with van der Waals surface area (Å²) in [6.07, 6.45) is -0.107. The van der Waals surface area contributed by atoms with Gasteiger partial charge in [0.25, 0.3) is 0 Å². The number of alkyl carbamates (subject to hydrolysis) is 2. The van der Waals surface area contributed by atoms with Gasteiger partial charge in [-0.15, -0.1) is 10.2 Å². The summed E-state index contributed by atoms with van der Waals surface area (Å²) >= 11 is 0. The zero-order valence-corrected chi connectivity index (χ0v) is 24.5. The number of ether oxygens (including phenoxy) is 2. The van der Waals surface area contributed by atoms with Crippen LogP contribution in [0, 0.1) is 11.3 Å². The van der Waals surface area contributed by atoms with Crippen LogP contribution in [0.25, 0.3) is 0 Å². The first-order chi connectivity index (χ1) is 22.1. The van der Waals surface area contributed by atoms with Gasteiger partial charge in [0.2, 0.25) is 0 Å². The number of hydrogen-bond donors (Lipinski definition) is 3. The van der Waals surface area contributed by atoms with Gasteiger partial charge in [0.15, 0.2) is 5.82 Å². The van der Waals surface area contributed by atoms with E-state index in [-0.39, 0.29) is 13.2 Å². The van der Waals surface area contributed by atoms with Gasteiger partial charge in [-0.25, -0.2) is 9.59 Å². The Hall–Kier alpha value is -6.02. The van der Waals surface area contributed by atoms with E-state index in [1.165, 1.54) is 0 Å². The maximum absolute atomic E-state index is 12.1. The second-order valence-electron chi connectivity index (χ2n) is 9.80. The van der Waals surface area contributed by atoms with Crippen LogP contribution >= 0.6 is 0 Å². The van der Waals surface area contributed by atoms with Gasteiger partial charge in [0.1, 0.15) is 25.3 Å². The van der Waals surface area contributed by atoms with E-state index in [9.17, 15) is 9.59 Å². The zero-order chi connectivity index (χ0) is 31.5. The Morgan fingerprint density at radius 2 is 1.11 bits per heavy atom. The number of nitriles is 1. The number of benzene rings is 4. The lowest BCUT2D eigenvalue weighted by molar-refractivity contribution is 0.135. The van der Waals surface area contributed by atoms with Gasteiger partial charge < -0.3 is 20.1 Å². The minimum Gasteiger partial charge on any atom is -0.445 e. The normalized spacial score (nSPS) is 11.4. The van der Waals surface area contributed by atoms with E-state index >= 15 is 0 Å². The van der Waals surface area contributed by atoms with Gasteiger partial charge >= 0.3 is 12.2 Å². The predicted octanol–water partition coefficient (Wildman–Crippen LogP) is 5.46. The standard InChI is InChI=1S/C17H17N5O2.C17H16N2O2/c23-17(24-12-14-9-5-2-6-10-14)18-15(16-19-21-22-20-16)11-13-7-3-1-4-8-13;18-12-16(11-14-7-3-1-4-8-14)19-17(20)21-13-15-9-5-2-6-10-15/h1-10,15H,11-12H2,(H,18,23)(H,19,20,21,22);1-10,16H,11,13H2,(H,19,20). The molecule has 0 saturated carbocycles. The molecule has 11 heteroatoms. The minimum atomic E-state index is -0.601. The first kappa shape index (κ1) is 31.9. The van der Waals surface area contributed by atoms with E-state index in [0.29, 0.717) is 18.7 Å². The van der Waals surface area contributed by atoms with E-state index in [0.717, 1.165) is 22.3 Å². The summed E-state index contributed by atoms with van der Waals surface area (Å²) in [7, 11) is 0. The van der Waals surface area contributed by atoms with Gasteiger partial charge in [0.05, 0.1) is 6.07 Å². The molecule has 0 aliphatic rings. The Labute approximate surface area is 261 Å². The Kier molecular flexibility index (Phi) is 12.6. The molecular formula is C34H33N7O4. The average Bonchev–Trinajstić information content (AvgIpc) is 3.63. The number of tetrazole rings is 1. The van der Waals surface area contributed by atoms with Gasteiger partial charge in [-0.05, 0) is 22.3 Å². The van der Waals surface area contributed by atoms with Crippen LogP contribution in [-0.2, 0) is 35.5 Å². The summed E-state index contributed by atoms with van der Waals surface area (Å²) in [5.74, 6) is 0.413. The lowest BCUT2D eigenvalue weighted by Gasteiger charge is -2.15. The SMILES string of the molecule is N#CC(Cc1ccccc1)NC(=O)OCc1ccccc1.O=C(NC(Cc1ccccc1)c1nn[nH]n1)OCc1ccccc1. The van der Waals surface area contributed by atoms with E-state index in [1.54, 1.807) is 0 Å². The molecule has 3 N–H and O–H groups in total. The smallest absolute Gasteiger partial charge is 0.408 e. The molecule has 2 amide bonds. The number of aromatic amines is 1. The van der Waals surface area contributed by atoms with Crippen molar-refractivity contribution < 1.29 is 19.1 Å². The minimum absolute atomic E-state index is 0.191. The number of aromatic nitrogens is 4. The van der Waals surface area contributed by atoms with Crippen molar-refractivity contribution in [2.24, 2.45) is 0 Å². The molecule has 228 valence electrons. The first-order valence-electron chi connectivity index (χ1n) is 14.2. The molecule has 4 aromatic carbocycles. The highest BCUT2D eigenvalue weighted by Crippen LogP contribution is 2.15. The van der Waals surface area contributed by atoms with E-state index in [4.69, 9.17) is 14.7 Å². The van der Waals surface area contributed by atoms with Crippen LogP contribution in [0.3, 0.4) is 0 Å². The molecular weight excluding hydrogens is 570 g/mol. The van der Waals surface area contributed by atoms with Gasteiger partial charge in [0, 0.05) is 12.8 Å². The Morgan fingerprint density at radius 1 is 0.667 bits per heavy atom. The summed E-state index contributed by atoms with van der Waals surface area (Å²) in [6.45, 7) is 0.396. The van der Waals surface area contributed by atoms with Crippen LogP contribution in [0.5, 0.6) is 0 Å². The molecule has 2 unspecified atom stereocenters. The fourth-order valence-corrected chi connectivity index (χ4v) is 4.17. The molecule has 5 rings (SSSR count). The summed E-state index contributed by atoms with van der Waals surface area (Å²) in [5, 5.41) is 28.4. The number of H-pyrrole nitrogens is 1. The van der Waals surface area contributed by atoms with E-state index in [2.05, 4.69) is 37.3 Å². The molecule has 0 aliphatic heterocycles. The molecule has 2 atom stereocenters. The quantitative estimate of drug-likeness (QED) is 0.180. The van der Waals surface area contributed by atoms with Crippen LogP contribution in [0.15, 0.2) is 121 Å². The van der Waals surface area contributed by atoms with Crippen molar-refractivity contribution in [3.63, 3.8) is 0 Å². The molecule has 0 spiro atoms. The molecule has 0 aliphatic carbocycles. The highest BCUT2D eigenvalue weighted by molar-refractivity contribution is 5.68. The van der Waals surface area contributed by atoms with Crippen molar-refractivity contribution in [3.05, 3.63) is 149 Å². The second kappa shape index (κ2) is 17.8. The highest BCUT2D eigenvalue weighted by atomic mass is 16.6. The molecule has 0 radical (unpaired) electrons. The molecule has 5 aromatic rings. The summed E-state index contributed by atoms with van der Waals surface area (Å²) in [4.78, 5) is 23.8. The average molecular weight is 604 g/mol. The lowest BCUT2D eigenvalue weighted by Crippen LogP contribution is -2.35. The third kappa shape index (κ3) is 11.6. The van der Waals surface area contributed by atoms with E-state index < -0.39 is 24.3 Å². The second-order valence-corrected chi connectivity index (χ2v) is 9.80. The number of amides is 2. The number of hydrogen-bond acceptors (Lipinski definition) is 8. The largest absolute Gasteiger partial charge is 0.445 e. The number of carbonyl (C=O) groups excluding carboxylic acids is 2. The van der Waals surface area contributed by atoms with Crippen LogP contribution < -0.4 is 10.6 Å². The first-order valence-corrected chi connectivity index (χ1v) is 14.2. The third-order valence-electron chi connectivity index (χ3n) is 6.40. The molecule has 45 heavy (non-hydrogen) atoms. The van der Waals surface area contributed by atoms with Crippen molar-refractivity contribution in [3.8, 4) is 6.07 Å². The highest BCUT2D eigenvalue weighted by Gasteiger charge is 2.20. The van der Waals surface area contributed by atoms with Crippen LogP contribution in [0.1, 0.15) is 34.1 Å². The van der Waals surface area contributed by atoms with Crippen molar-refractivity contribution >= 4 is 12.2 Å². The fourth-order valence-electron chi connectivity index (χ4n) is 4.17. The number of nitrogens with one attached hydrogen (secondary N) is 3.